The molecule has 0 saturated heterocycles. The molecule has 0 amide bonds. The van der Waals surface area contributed by atoms with Crippen LogP contribution in [0.5, 0.6) is 0 Å². The van der Waals surface area contributed by atoms with Crippen LogP contribution < -0.4 is 0 Å². The van der Waals surface area contributed by atoms with E-state index in [0.717, 1.165) is 5.69 Å². The minimum absolute atomic E-state index is 0.240. The third-order valence-corrected chi connectivity index (χ3v) is 1.31. The van der Waals surface area contributed by atoms with Crippen molar-refractivity contribution in [1.82, 2.24) is 4.98 Å². The fourth-order valence-corrected chi connectivity index (χ4v) is 0.739. The van der Waals surface area contributed by atoms with Crippen LogP contribution in [0.3, 0.4) is 0 Å². The van der Waals surface area contributed by atoms with Crippen molar-refractivity contribution in [2.75, 3.05) is 7.11 Å². The molecule has 0 fully saturated rings. The summed E-state index contributed by atoms with van der Waals surface area (Å²) in [5.74, 6) is 0.240. The maximum atomic E-state index is 7.21. The molecule has 0 aliphatic rings. The van der Waals surface area contributed by atoms with Gasteiger partial charge >= 0.3 is 0 Å². The van der Waals surface area contributed by atoms with Crippen molar-refractivity contribution >= 4 is 5.90 Å². The van der Waals surface area contributed by atoms with E-state index in [1.807, 2.05) is 18.2 Å². The van der Waals surface area contributed by atoms with Crippen molar-refractivity contribution in [2.24, 2.45) is 0 Å². The predicted molar refractivity (Wildman–Crippen MR) is 42.7 cm³/mol. The molecule has 0 atom stereocenters. The van der Waals surface area contributed by atoms with Crippen LogP contribution in [-0.2, 0) is 11.2 Å². The van der Waals surface area contributed by atoms with E-state index >= 15 is 0 Å². The molecule has 0 unspecified atom stereocenters. The molecule has 1 N–H and O–H groups in total. The zero-order valence-electron chi connectivity index (χ0n) is 6.37. The molecule has 0 aromatic carbocycles. The van der Waals surface area contributed by atoms with Crippen molar-refractivity contribution in [2.45, 2.75) is 6.42 Å². The molecule has 0 saturated carbocycles. The first kappa shape index (κ1) is 7.72. The first-order valence-corrected chi connectivity index (χ1v) is 3.34. The van der Waals surface area contributed by atoms with E-state index < -0.39 is 0 Å². The Balaban J connectivity index is 2.58. The Hall–Kier alpha value is -1.38. The quantitative estimate of drug-likeness (QED) is 0.509. The Labute approximate surface area is 65.5 Å². The lowest BCUT2D eigenvalue weighted by atomic mass is 10.3. The highest BCUT2D eigenvalue weighted by atomic mass is 16.5. The summed E-state index contributed by atoms with van der Waals surface area (Å²) in [5.41, 5.74) is 0.861. The minimum Gasteiger partial charge on any atom is -0.484 e. The maximum Gasteiger partial charge on any atom is 0.186 e. The van der Waals surface area contributed by atoms with Crippen LogP contribution >= 0.6 is 0 Å². The van der Waals surface area contributed by atoms with Gasteiger partial charge in [0.1, 0.15) is 0 Å². The lowest BCUT2D eigenvalue weighted by Crippen LogP contribution is -2.04. The summed E-state index contributed by atoms with van der Waals surface area (Å²) in [6, 6.07) is 5.61. The molecule has 0 aliphatic carbocycles. The third-order valence-electron chi connectivity index (χ3n) is 1.31. The Morgan fingerprint density at radius 1 is 1.64 bits per heavy atom. The molecule has 3 nitrogen and oxygen atoms in total. The molecule has 3 heteroatoms. The molecule has 1 aromatic rings. The van der Waals surface area contributed by atoms with Crippen LogP contribution in [-0.4, -0.2) is 18.0 Å². The van der Waals surface area contributed by atoms with Crippen LogP contribution in [0.15, 0.2) is 24.4 Å². The second kappa shape index (κ2) is 3.71. The van der Waals surface area contributed by atoms with Crippen molar-refractivity contribution in [3.63, 3.8) is 0 Å². The summed E-state index contributed by atoms with van der Waals surface area (Å²) in [4.78, 5) is 4.05. The zero-order chi connectivity index (χ0) is 8.10. The van der Waals surface area contributed by atoms with Gasteiger partial charge in [-0.25, -0.2) is 0 Å². The number of hydrogen-bond acceptors (Lipinski definition) is 3. The first-order chi connectivity index (χ1) is 5.33. The van der Waals surface area contributed by atoms with Gasteiger partial charge in [-0.1, -0.05) is 6.07 Å². The van der Waals surface area contributed by atoms with Gasteiger partial charge in [-0.15, -0.1) is 0 Å². The lowest BCUT2D eigenvalue weighted by Gasteiger charge is -1.99. The normalized spacial score (nSPS) is 9.18. The standard InChI is InChI=1S/C8H10N2O/c1-11-8(9)6-7-4-2-3-5-10-7/h2-5,9H,6H2,1H3. The van der Waals surface area contributed by atoms with Crippen LogP contribution in [0.1, 0.15) is 5.69 Å². The monoisotopic (exact) mass is 150 g/mol. The molecule has 58 valence electrons. The summed E-state index contributed by atoms with van der Waals surface area (Å²) in [7, 11) is 1.49. The van der Waals surface area contributed by atoms with Gasteiger partial charge < -0.3 is 4.74 Å². The van der Waals surface area contributed by atoms with Gasteiger partial charge in [0.05, 0.1) is 13.5 Å². The van der Waals surface area contributed by atoms with Crippen molar-refractivity contribution in [3.8, 4) is 0 Å². The summed E-state index contributed by atoms with van der Waals surface area (Å²) < 4.78 is 4.70. The van der Waals surface area contributed by atoms with E-state index in [9.17, 15) is 0 Å². The highest BCUT2D eigenvalue weighted by molar-refractivity contribution is 5.74. The number of nitrogens with zero attached hydrogens (tertiary/aromatic N) is 1. The summed E-state index contributed by atoms with van der Waals surface area (Å²) in [6.45, 7) is 0. The average Bonchev–Trinajstić information content (AvgIpc) is 2.06. The Kier molecular flexibility index (Phi) is 2.60. The summed E-state index contributed by atoms with van der Waals surface area (Å²) in [6.07, 6.45) is 2.18. The number of methoxy groups -OCH3 is 1. The van der Waals surface area contributed by atoms with E-state index in [1.165, 1.54) is 7.11 Å². The zero-order valence-corrected chi connectivity index (χ0v) is 6.37. The molecule has 11 heavy (non-hydrogen) atoms. The van der Waals surface area contributed by atoms with E-state index in [1.54, 1.807) is 6.20 Å². The second-order valence-electron chi connectivity index (χ2n) is 2.13. The second-order valence-corrected chi connectivity index (χ2v) is 2.13. The predicted octanol–water partition coefficient (Wildman–Crippen LogP) is 1.25. The van der Waals surface area contributed by atoms with Gasteiger partial charge in [0, 0.05) is 11.9 Å². The minimum atomic E-state index is 0.240. The van der Waals surface area contributed by atoms with E-state index in [-0.39, 0.29) is 5.90 Å². The number of hydrogen-bond donors (Lipinski definition) is 1. The first-order valence-electron chi connectivity index (χ1n) is 3.34. The third kappa shape index (κ3) is 2.37. The number of aromatic nitrogens is 1. The highest BCUT2D eigenvalue weighted by Crippen LogP contribution is 1.95. The van der Waals surface area contributed by atoms with Gasteiger partial charge in [0.2, 0.25) is 0 Å². The van der Waals surface area contributed by atoms with E-state index in [2.05, 4.69) is 4.98 Å². The van der Waals surface area contributed by atoms with Crippen LogP contribution in [0.25, 0.3) is 0 Å². The largest absolute Gasteiger partial charge is 0.484 e. The molecule has 0 spiro atoms. The van der Waals surface area contributed by atoms with Gasteiger partial charge in [0.15, 0.2) is 5.90 Å². The summed E-state index contributed by atoms with van der Waals surface area (Å²) >= 11 is 0. The Morgan fingerprint density at radius 3 is 3.00 bits per heavy atom. The Bertz CT molecular complexity index is 233. The molecule has 1 aromatic heterocycles. The van der Waals surface area contributed by atoms with Gasteiger partial charge in [0.25, 0.3) is 0 Å². The van der Waals surface area contributed by atoms with Crippen molar-refractivity contribution < 1.29 is 4.74 Å². The molecule has 1 heterocycles. The average molecular weight is 150 g/mol. The van der Waals surface area contributed by atoms with E-state index in [0.29, 0.717) is 6.42 Å². The molecule has 0 bridgehead atoms. The van der Waals surface area contributed by atoms with Crippen LogP contribution in [0, 0.1) is 5.41 Å². The molecular weight excluding hydrogens is 140 g/mol. The van der Waals surface area contributed by atoms with Gasteiger partial charge in [-0.05, 0) is 12.1 Å². The molecule has 0 aliphatic heterocycles. The number of rotatable bonds is 2. The highest BCUT2D eigenvalue weighted by Gasteiger charge is 1.97. The number of nitrogens with one attached hydrogen (secondary N) is 1. The van der Waals surface area contributed by atoms with Crippen molar-refractivity contribution in [1.29, 1.82) is 5.41 Å². The van der Waals surface area contributed by atoms with Crippen LogP contribution in [0.4, 0.5) is 0 Å². The smallest absolute Gasteiger partial charge is 0.186 e. The topological polar surface area (TPSA) is 46.0 Å². The van der Waals surface area contributed by atoms with Crippen molar-refractivity contribution in [3.05, 3.63) is 30.1 Å². The SMILES string of the molecule is COC(=N)Cc1ccccn1. The lowest BCUT2D eigenvalue weighted by molar-refractivity contribution is 0.389. The summed E-state index contributed by atoms with van der Waals surface area (Å²) in [5, 5.41) is 7.21. The Morgan fingerprint density at radius 2 is 2.45 bits per heavy atom. The van der Waals surface area contributed by atoms with E-state index in [4.69, 9.17) is 10.1 Å². The fraction of sp³-hybridized carbons (Fsp3) is 0.250. The molecule has 1 rings (SSSR count). The van der Waals surface area contributed by atoms with Crippen LogP contribution in [0.2, 0.25) is 0 Å². The molecule has 0 radical (unpaired) electrons. The van der Waals surface area contributed by atoms with Gasteiger partial charge in [-0.3, -0.25) is 10.4 Å². The fourth-order valence-electron chi connectivity index (χ4n) is 0.739. The number of ether oxygens (including phenoxy) is 1. The van der Waals surface area contributed by atoms with Gasteiger partial charge in [-0.2, -0.15) is 0 Å². The maximum absolute atomic E-state index is 7.21. The number of pyridine rings is 1. The molecular formula is C8H10N2O.